The van der Waals surface area contributed by atoms with Gasteiger partial charge in [-0.3, -0.25) is 4.90 Å². The summed E-state index contributed by atoms with van der Waals surface area (Å²) < 4.78 is 6.35. The van der Waals surface area contributed by atoms with E-state index in [9.17, 15) is 0 Å². The molecule has 2 heterocycles. The quantitative estimate of drug-likeness (QED) is 0.902. The molecular weight excluding hydrogens is 268 g/mol. The maximum Gasteiger partial charge on any atom is 0.169 e. The minimum Gasteiger partial charge on any atom is -0.453 e. The van der Waals surface area contributed by atoms with Gasteiger partial charge < -0.3 is 9.73 Å². The number of rotatable bonds is 5. The molecule has 2 rings (SSSR count). The predicted octanol–water partition coefficient (Wildman–Crippen LogP) is 2.62. The third kappa shape index (κ3) is 3.34. The summed E-state index contributed by atoms with van der Waals surface area (Å²) >= 11 is 3.33. The fourth-order valence-electron chi connectivity index (χ4n) is 2.19. The van der Waals surface area contributed by atoms with Gasteiger partial charge in [-0.1, -0.05) is 6.92 Å². The van der Waals surface area contributed by atoms with E-state index in [1.807, 2.05) is 12.1 Å². The normalized spacial score (nSPS) is 20.8. The van der Waals surface area contributed by atoms with Gasteiger partial charge in [0, 0.05) is 12.6 Å². The first-order valence-corrected chi connectivity index (χ1v) is 6.77. The molecule has 1 aliphatic rings. The molecule has 0 saturated carbocycles. The fraction of sp³-hybridized carbons (Fsp3) is 0.667. The fourth-order valence-corrected chi connectivity index (χ4v) is 2.53. The molecule has 0 aliphatic carbocycles. The van der Waals surface area contributed by atoms with Crippen LogP contribution < -0.4 is 5.32 Å². The van der Waals surface area contributed by atoms with E-state index in [2.05, 4.69) is 33.1 Å². The minimum atomic E-state index is 0.665. The molecule has 0 bridgehead atoms. The molecule has 0 amide bonds. The molecular formula is C12H19BrN2O. The predicted molar refractivity (Wildman–Crippen MR) is 68.4 cm³/mol. The molecule has 1 fully saturated rings. The number of nitrogens with zero attached hydrogens (tertiary/aromatic N) is 1. The van der Waals surface area contributed by atoms with Crippen molar-refractivity contribution in [3.05, 3.63) is 22.6 Å². The Morgan fingerprint density at radius 3 is 3.00 bits per heavy atom. The monoisotopic (exact) mass is 286 g/mol. The van der Waals surface area contributed by atoms with Crippen molar-refractivity contribution < 1.29 is 4.42 Å². The summed E-state index contributed by atoms with van der Waals surface area (Å²) in [7, 11) is 0. The highest BCUT2D eigenvalue weighted by molar-refractivity contribution is 9.10. The lowest BCUT2D eigenvalue weighted by Gasteiger charge is -2.23. The molecule has 1 aromatic rings. The topological polar surface area (TPSA) is 28.4 Å². The van der Waals surface area contributed by atoms with E-state index < -0.39 is 0 Å². The summed E-state index contributed by atoms with van der Waals surface area (Å²) in [6, 6.07) is 4.66. The molecule has 0 radical (unpaired) electrons. The van der Waals surface area contributed by atoms with Crippen LogP contribution in [0.1, 0.15) is 25.5 Å². The smallest absolute Gasteiger partial charge is 0.169 e. The Bertz CT molecular complexity index is 321. The van der Waals surface area contributed by atoms with Crippen LogP contribution in [0.3, 0.4) is 0 Å². The van der Waals surface area contributed by atoms with Crippen LogP contribution in [0.2, 0.25) is 0 Å². The van der Waals surface area contributed by atoms with Gasteiger partial charge in [-0.15, -0.1) is 0 Å². The van der Waals surface area contributed by atoms with Gasteiger partial charge in [0.05, 0.1) is 6.54 Å². The zero-order chi connectivity index (χ0) is 11.4. The molecule has 1 atom stereocenters. The standard InChI is InChI=1S/C12H19BrN2O/c1-2-15(8-10-4-3-7-14-10)9-11-5-6-12(13)16-11/h5-6,10,14H,2-4,7-9H2,1H3. The van der Waals surface area contributed by atoms with Crippen molar-refractivity contribution in [1.82, 2.24) is 10.2 Å². The van der Waals surface area contributed by atoms with E-state index in [1.54, 1.807) is 0 Å². The second kappa shape index (κ2) is 5.84. The maximum absolute atomic E-state index is 5.53. The minimum absolute atomic E-state index is 0.665. The van der Waals surface area contributed by atoms with E-state index in [0.717, 1.165) is 30.1 Å². The number of furan rings is 1. The van der Waals surface area contributed by atoms with Crippen LogP contribution >= 0.6 is 15.9 Å². The molecule has 0 aromatic carbocycles. The molecule has 1 unspecified atom stereocenters. The molecule has 3 nitrogen and oxygen atoms in total. The summed E-state index contributed by atoms with van der Waals surface area (Å²) in [5, 5.41) is 3.53. The van der Waals surface area contributed by atoms with Gasteiger partial charge in [-0.25, -0.2) is 0 Å². The lowest BCUT2D eigenvalue weighted by molar-refractivity contribution is 0.233. The van der Waals surface area contributed by atoms with Crippen LogP contribution in [-0.4, -0.2) is 30.6 Å². The Kier molecular flexibility index (Phi) is 4.44. The van der Waals surface area contributed by atoms with Gasteiger partial charge >= 0.3 is 0 Å². The number of halogens is 1. The SMILES string of the molecule is CCN(Cc1ccc(Br)o1)CC1CCCN1. The molecule has 90 valence electrons. The van der Waals surface area contributed by atoms with Crippen LogP contribution in [0.15, 0.2) is 21.2 Å². The Balaban J connectivity index is 1.84. The molecule has 1 saturated heterocycles. The third-order valence-corrected chi connectivity index (χ3v) is 3.52. The van der Waals surface area contributed by atoms with Gasteiger partial charge in [0.15, 0.2) is 4.67 Å². The van der Waals surface area contributed by atoms with E-state index in [1.165, 1.54) is 19.4 Å². The van der Waals surface area contributed by atoms with Gasteiger partial charge in [0.1, 0.15) is 5.76 Å². The first kappa shape index (κ1) is 12.1. The third-order valence-electron chi connectivity index (χ3n) is 3.10. The van der Waals surface area contributed by atoms with Crippen molar-refractivity contribution >= 4 is 15.9 Å². The summed E-state index contributed by atoms with van der Waals surface area (Å²) in [4.78, 5) is 2.42. The zero-order valence-corrected chi connectivity index (χ0v) is 11.3. The lowest BCUT2D eigenvalue weighted by atomic mass is 10.2. The van der Waals surface area contributed by atoms with E-state index in [4.69, 9.17) is 4.42 Å². The van der Waals surface area contributed by atoms with Crippen molar-refractivity contribution in [3.63, 3.8) is 0 Å². The van der Waals surface area contributed by atoms with Crippen molar-refractivity contribution in [2.45, 2.75) is 32.4 Å². The second-order valence-corrected chi connectivity index (χ2v) is 5.11. The number of likely N-dealkylation sites (N-methyl/N-ethyl adjacent to an activating group) is 1. The first-order valence-electron chi connectivity index (χ1n) is 5.98. The van der Waals surface area contributed by atoms with Crippen molar-refractivity contribution in [2.75, 3.05) is 19.6 Å². The van der Waals surface area contributed by atoms with Crippen LogP contribution in [-0.2, 0) is 6.54 Å². The molecule has 0 spiro atoms. The van der Waals surface area contributed by atoms with Crippen LogP contribution in [0, 0.1) is 0 Å². The van der Waals surface area contributed by atoms with Crippen molar-refractivity contribution in [2.24, 2.45) is 0 Å². The van der Waals surface area contributed by atoms with Crippen LogP contribution in [0.25, 0.3) is 0 Å². The number of nitrogens with one attached hydrogen (secondary N) is 1. The summed E-state index contributed by atoms with van der Waals surface area (Å²) in [5.74, 6) is 1.03. The maximum atomic E-state index is 5.53. The van der Waals surface area contributed by atoms with Gasteiger partial charge in [-0.05, 0) is 54.0 Å². The van der Waals surface area contributed by atoms with Crippen molar-refractivity contribution in [1.29, 1.82) is 0 Å². The molecule has 4 heteroatoms. The van der Waals surface area contributed by atoms with Crippen LogP contribution in [0.4, 0.5) is 0 Å². The summed E-state index contributed by atoms with van der Waals surface area (Å²) in [6.45, 7) is 6.47. The molecule has 16 heavy (non-hydrogen) atoms. The van der Waals surface area contributed by atoms with Crippen LogP contribution in [0.5, 0.6) is 0 Å². The van der Waals surface area contributed by atoms with E-state index >= 15 is 0 Å². The van der Waals surface area contributed by atoms with E-state index in [-0.39, 0.29) is 0 Å². The summed E-state index contributed by atoms with van der Waals surface area (Å²) in [6.07, 6.45) is 2.62. The van der Waals surface area contributed by atoms with Crippen molar-refractivity contribution in [3.8, 4) is 0 Å². The number of hydrogen-bond acceptors (Lipinski definition) is 3. The highest BCUT2D eigenvalue weighted by atomic mass is 79.9. The Hall–Kier alpha value is -0.320. The molecule has 1 aliphatic heterocycles. The zero-order valence-electron chi connectivity index (χ0n) is 9.71. The molecule has 1 aromatic heterocycles. The lowest BCUT2D eigenvalue weighted by Crippen LogP contribution is -2.37. The largest absolute Gasteiger partial charge is 0.453 e. The average molecular weight is 287 g/mol. The Labute approximate surface area is 105 Å². The second-order valence-electron chi connectivity index (χ2n) is 4.33. The first-order chi connectivity index (χ1) is 7.78. The van der Waals surface area contributed by atoms with Gasteiger partial charge in [0.2, 0.25) is 0 Å². The average Bonchev–Trinajstić information content (AvgIpc) is 2.89. The Morgan fingerprint density at radius 1 is 1.56 bits per heavy atom. The summed E-state index contributed by atoms with van der Waals surface area (Å²) in [5.41, 5.74) is 0. The molecule has 1 N–H and O–H groups in total. The highest BCUT2D eigenvalue weighted by Gasteiger charge is 2.17. The Morgan fingerprint density at radius 2 is 2.44 bits per heavy atom. The van der Waals surface area contributed by atoms with E-state index in [0.29, 0.717) is 6.04 Å². The number of hydrogen-bond donors (Lipinski definition) is 1. The van der Waals surface area contributed by atoms with Gasteiger partial charge in [-0.2, -0.15) is 0 Å². The highest BCUT2D eigenvalue weighted by Crippen LogP contribution is 2.16. The van der Waals surface area contributed by atoms with Gasteiger partial charge in [0.25, 0.3) is 0 Å².